The molecule has 0 aromatic heterocycles. The Morgan fingerprint density at radius 1 is 1.46 bits per heavy atom. The highest BCUT2D eigenvalue weighted by Crippen LogP contribution is 2.23. The van der Waals surface area contributed by atoms with Gasteiger partial charge in [-0.3, -0.25) is 0 Å². The van der Waals surface area contributed by atoms with Crippen LogP contribution in [0.1, 0.15) is 23.5 Å². The average Bonchev–Trinajstić information content (AvgIpc) is 2.62. The lowest BCUT2D eigenvalue weighted by Crippen LogP contribution is -2.08. The molecule has 0 aliphatic carbocycles. The minimum atomic E-state index is -0.0793. The molecule has 0 saturated carbocycles. The van der Waals surface area contributed by atoms with E-state index in [4.69, 9.17) is 0 Å². The summed E-state index contributed by atoms with van der Waals surface area (Å²) in [6.45, 7) is 3.84. The third-order valence-electron chi connectivity index (χ3n) is 2.73. The summed E-state index contributed by atoms with van der Waals surface area (Å²) >= 11 is 0. The van der Waals surface area contributed by atoms with Gasteiger partial charge in [0.05, 0.1) is 0 Å². The van der Waals surface area contributed by atoms with E-state index in [2.05, 4.69) is 5.32 Å². The molecule has 0 unspecified atom stereocenters. The Balaban J connectivity index is 2.25. The minimum Gasteiger partial charge on any atom is -0.316 e. The van der Waals surface area contributed by atoms with Crippen LogP contribution < -0.4 is 5.32 Å². The van der Waals surface area contributed by atoms with Gasteiger partial charge < -0.3 is 5.32 Å². The van der Waals surface area contributed by atoms with Crippen molar-refractivity contribution in [3.8, 4) is 0 Å². The SMILES string of the molecule is Cc1ccc([C@H]2CCNC2)cc1F. The van der Waals surface area contributed by atoms with Crippen LogP contribution in [0.3, 0.4) is 0 Å². The van der Waals surface area contributed by atoms with Crippen molar-refractivity contribution in [2.24, 2.45) is 0 Å². The molecule has 1 aliphatic heterocycles. The van der Waals surface area contributed by atoms with E-state index in [1.54, 1.807) is 13.0 Å². The zero-order chi connectivity index (χ0) is 9.26. The zero-order valence-electron chi connectivity index (χ0n) is 7.81. The predicted octanol–water partition coefficient (Wildman–Crippen LogP) is 2.21. The third kappa shape index (κ3) is 1.73. The number of hydrogen-bond donors (Lipinski definition) is 1. The first-order chi connectivity index (χ1) is 6.27. The number of nitrogens with one attached hydrogen (secondary N) is 1. The van der Waals surface area contributed by atoms with Crippen molar-refractivity contribution in [1.82, 2.24) is 5.32 Å². The summed E-state index contributed by atoms with van der Waals surface area (Å²) in [5.74, 6) is 0.430. The molecule has 1 saturated heterocycles. The van der Waals surface area contributed by atoms with Crippen LogP contribution in [0.15, 0.2) is 18.2 Å². The van der Waals surface area contributed by atoms with Crippen molar-refractivity contribution >= 4 is 0 Å². The lowest BCUT2D eigenvalue weighted by molar-refractivity contribution is 0.612. The normalized spacial score (nSPS) is 22.2. The Hall–Kier alpha value is -0.890. The van der Waals surface area contributed by atoms with Crippen molar-refractivity contribution in [3.05, 3.63) is 35.1 Å². The van der Waals surface area contributed by atoms with Crippen molar-refractivity contribution in [3.63, 3.8) is 0 Å². The summed E-state index contributed by atoms with van der Waals surface area (Å²) < 4.78 is 13.2. The molecule has 1 aliphatic rings. The van der Waals surface area contributed by atoms with E-state index in [0.717, 1.165) is 30.6 Å². The van der Waals surface area contributed by atoms with Crippen LogP contribution in [0.5, 0.6) is 0 Å². The standard InChI is InChI=1S/C11H14FN/c1-8-2-3-9(6-11(8)12)10-4-5-13-7-10/h2-3,6,10,13H,4-5,7H2,1H3/t10-/m0/s1. The van der Waals surface area contributed by atoms with E-state index in [1.165, 1.54) is 0 Å². The Labute approximate surface area is 78.0 Å². The maximum atomic E-state index is 13.2. The van der Waals surface area contributed by atoms with Gasteiger partial charge in [-0.05, 0) is 43.0 Å². The van der Waals surface area contributed by atoms with Gasteiger partial charge in [0.15, 0.2) is 0 Å². The Morgan fingerprint density at radius 2 is 2.31 bits per heavy atom. The fourth-order valence-corrected chi connectivity index (χ4v) is 1.80. The van der Waals surface area contributed by atoms with Gasteiger partial charge in [-0.15, -0.1) is 0 Å². The molecule has 1 aromatic carbocycles. The molecule has 0 spiro atoms. The van der Waals surface area contributed by atoms with Crippen molar-refractivity contribution < 1.29 is 4.39 Å². The van der Waals surface area contributed by atoms with Gasteiger partial charge in [-0.25, -0.2) is 4.39 Å². The quantitative estimate of drug-likeness (QED) is 0.697. The van der Waals surface area contributed by atoms with Crippen molar-refractivity contribution in [2.45, 2.75) is 19.3 Å². The van der Waals surface area contributed by atoms with Crippen molar-refractivity contribution in [1.29, 1.82) is 0 Å². The molecule has 0 radical (unpaired) electrons. The Morgan fingerprint density at radius 3 is 2.92 bits per heavy atom. The number of aryl methyl sites for hydroxylation is 1. The number of rotatable bonds is 1. The Bertz CT molecular complexity index is 303. The van der Waals surface area contributed by atoms with Crippen LogP contribution >= 0.6 is 0 Å². The average molecular weight is 179 g/mol. The van der Waals surface area contributed by atoms with E-state index < -0.39 is 0 Å². The summed E-state index contributed by atoms with van der Waals surface area (Å²) in [4.78, 5) is 0. The minimum absolute atomic E-state index is 0.0793. The molecule has 1 heterocycles. The molecule has 1 aromatic rings. The predicted molar refractivity (Wildman–Crippen MR) is 51.4 cm³/mol. The third-order valence-corrected chi connectivity index (χ3v) is 2.73. The molecule has 2 rings (SSSR count). The summed E-state index contributed by atoms with van der Waals surface area (Å²) in [7, 11) is 0. The van der Waals surface area contributed by atoms with Crippen LogP contribution in [-0.4, -0.2) is 13.1 Å². The van der Waals surface area contributed by atoms with Gasteiger partial charge >= 0.3 is 0 Å². The fraction of sp³-hybridized carbons (Fsp3) is 0.455. The summed E-state index contributed by atoms with van der Waals surface area (Å²) in [5.41, 5.74) is 1.86. The molecular formula is C11H14FN. The second-order valence-corrected chi connectivity index (χ2v) is 3.70. The molecule has 13 heavy (non-hydrogen) atoms. The van der Waals surface area contributed by atoms with E-state index >= 15 is 0 Å². The second kappa shape index (κ2) is 3.46. The molecule has 2 heteroatoms. The first kappa shape index (κ1) is 8.70. The number of hydrogen-bond acceptors (Lipinski definition) is 1. The summed E-state index contributed by atoms with van der Waals surface area (Å²) in [6.07, 6.45) is 1.13. The molecule has 1 atom stereocenters. The van der Waals surface area contributed by atoms with Crippen LogP contribution in [0.4, 0.5) is 4.39 Å². The van der Waals surface area contributed by atoms with Gasteiger partial charge in [0.2, 0.25) is 0 Å². The van der Waals surface area contributed by atoms with Gasteiger partial charge in [0, 0.05) is 6.54 Å². The van der Waals surface area contributed by atoms with Crippen LogP contribution in [0, 0.1) is 12.7 Å². The summed E-state index contributed by atoms with van der Waals surface area (Å²) in [5, 5.41) is 3.28. The molecule has 1 N–H and O–H groups in total. The maximum Gasteiger partial charge on any atom is 0.126 e. The number of halogens is 1. The second-order valence-electron chi connectivity index (χ2n) is 3.70. The van der Waals surface area contributed by atoms with Crippen LogP contribution in [0.2, 0.25) is 0 Å². The smallest absolute Gasteiger partial charge is 0.126 e. The lowest BCUT2D eigenvalue weighted by Gasteiger charge is -2.09. The highest BCUT2D eigenvalue weighted by atomic mass is 19.1. The molecule has 70 valence electrons. The van der Waals surface area contributed by atoms with E-state index in [0.29, 0.717) is 5.92 Å². The van der Waals surface area contributed by atoms with Gasteiger partial charge in [-0.1, -0.05) is 12.1 Å². The topological polar surface area (TPSA) is 12.0 Å². The van der Waals surface area contributed by atoms with Crippen LogP contribution in [0.25, 0.3) is 0 Å². The maximum absolute atomic E-state index is 13.2. The van der Waals surface area contributed by atoms with Crippen LogP contribution in [-0.2, 0) is 0 Å². The van der Waals surface area contributed by atoms with Crippen molar-refractivity contribution in [2.75, 3.05) is 13.1 Å². The fourth-order valence-electron chi connectivity index (χ4n) is 1.80. The van der Waals surface area contributed by atoms with E-state index in [9.17, 15) is 4.39 Å². The van der Waals surface area contributed by atoms with Gasteiger partial charge in [0.1, 0.15) is 5.82 Å². The van der Waals surface area contributed by atoms with E-state index in [1.807, 2.05) is 12.1 Å². The largest absolute Gasteiger partial charge is 0.316 e. The molecule has 1 fully saturated rings. The molecular weight excluding hydrogens is 165 g/mol. The first-order valence-electron chi connectivity index (χ1n) is 4.74. The summed E-state index contributed by atoms with van der Waals surface area (Å²) in [6, 6.07) is 5.58. The first-order valence-corrected chi connectivity index (χ1v) is 4.74. The van der Waals surface area contributed by atoms with Gasteiger partial charge in [0.25, 0.3) is 0 Å². The molecule has 1 nitrogen and oxygen atoms in total. The monoisotopic (exact) mass is 179 g/mol. The molecule has 0 amide bonds. The molecule has 0 bridgehead atoms. The van der Waals surface area contributed by atoms with Gasteiger partial charge in [-0.2, -0.15) is 0 Å². The zero-order valence-corrected chi connectivity index (χ0v) is 7.81. The lowest BCUT2D eigenvalue weighted by atomic mass is 9.97. The highest BCUT2D eigenvalue weighted by Gasteiger charge is 2.16. The number of benzene rings is 1. The highest BCUT2D eigenvalue weighted by molar-refractivity contribution is 5.27. The van der Waals surface area contributed by atoms with E-state index in [-0.39, 0.29) is 5.82 Å². The Kier molecular flexibility index (Phi) is 2.32.